The maximum atomic E-state index is 9.42. The molecule has 0 aliphatic rings. The minimum atomic E-state index is 0.211. The molecule has 1 aromatic heterocycles. The summed E-state index contributed by atoms with van der Waals surface area (Å²) in [6.45, 7) is 0. The zero-order chi connectivity index (χ0) is 9.80. The number of benzene rings is 1. The van der Waals surface area contributed by atoms with Crippen molar-refractivity contribution in [1.82, 2.24) is 0 Å². The van der Waals surface area contributed by atoms with Crippen molar-refractivity contribution < 1.29 is 9.52 Å². The van der Waals surface area contributed by atoms with Crippen LogP contribution in [0.15, 0.2) is 52.1 Å². The van der Waals surface area contributed by atoms with Crippen LogP contribution in [0.3, 0.4) is 0 Å². The van der Waals surface area contributed by atoms with E-state index in [1.54, 1.807) is 42.8 Å². The van der Waals surface area contributed by atoms with E-state index in [1.807, 2.05) is 6.07 Å². The third kappa shape index (κ3) is 1.82. The highest BCUT2D eigenvalue weighted by Gasteiger charge is 1.95. The van der Waals surface area contributed by atoms with E-state index in [2.05, 4.69) is 4.99 Å². The molecule has 0 saturated heterocycles. The molecule has 14 heavy (non-hydrogen) atoms. The molecule has 0 radical (unpaired) electrons. The van der Waals surface area contributed by atoms with Gasteiger partial charge in [-0.15, -0.1) is 0 Å². The van der Waals surface area contributed by atoms with E-state index >= 15 is 0 Å². The van der Waals surface area contributed by atoms with Crippen molar-refractivity contribution in [2.24, 2.45) is 4.99 Å². The lowest BCUT2D eigenvalue weighted by atomic mass is 10.2. The standard InChI is InChI=1S/C11H9NO2/c13-10-5-2-1-4-9(10)8-12-11-6-3-7-14-11/h1-8,13H. The van der Waals surface area contributed by atoms with Gasteiger partial charge in [-0.1, -0.05) is 12.1 Å². The number of nitrogens with zero attached hydrogens (tertiary/aromatic N) is 1. The molecule has 1 N–H and O–H groups in total. The summed E-state index contributed by atoms with van der Waals surface area (Å²) < 4.78 is 5.02. The fraction of sp³-hybridized carbons (Fsp3) is 0. The maximum Gasteiger partial charge on any atom is 0.218 e. The molecule has 3 nitrogen and oxygen atoms in total. The third-order valence-corrected chi connectivity index (χ3v) is 1.77. The van der Waals surface area contributed by atoms with E-state index in [9.17, 15) is 5.11 Å². The molecule has 0 spiro atoms. The third-order valence-electron chi connectivity index (χ3n) is 1.77. The molecule has 2 rings (SSSR count). The number of furan rings is 1. The van der Waals surface area contributed by atoms with E-state index in [0.29, 0.717) is 11.4 Å². The largest absolute Gasteiger partial charge is 0.507 e. The lowest BCUT2D eigenvalue weighted by Crippen LogP contribution is -1.79. The Balaban J connectivity index is 2.23. The van der Waals surface area contributed by atoms with Gasteiger partial charge >= 0.3 is 0 Å². The number of hydrogen-bond donors (Lipinski definition) is 1. The second kappa shape index (κ2) is 3.79. The van der Waals surface area contributed by atoms with Crippen LogP contribution in [0.2, 0.25) is 0 Å². The van der Waals surface area contributed by atoms with Gasteiger partial charge in [0.25, 0.3) is 0 Å². The van der Waals surface area contributed by atoms with Crippen LogP contribution in [-0.4, -0.2) is 11.3 Å². The Morgan fingerprint density at radius 2 is 2.00 bits per heavy atom. The molecule has 70 valence electrons. The lowest BCUT2D eigenvalue weighted by Gasteiger charge is -1.95. The SMILES string of the molecule is Oc1ccccc1C=Nc1ccco1. The highest BCUT2D eigenvalue weighted by molar-refractivity contribution is 5.84. The van der Waals surface area contributed by atoms with Crippen LogP contribution >= 0.6 is 0 Å². The van der Waals surface area contributed by atoms with E-state index in [0.717, 1.165) is 0 Å². The summed E-state index contributed by atoms with van der Waals surface area (Å²) in [5.41, 5.74) is 0.670. The zero-order valence-corrected chi connectivity index (χ0v) is 7.42. The monoisotopic (exact) mass is 187 g/mol. The molecule has 0 bridgehead atoms. The summed E-state index contributed by atoms with van der Waals surface area (Å²) in [7, 11) is 0. The second-order valence-corrected chi connectivity index (χ2v) is 2.77. The van der Waals surface area contributed by atoms with Gasteiger partial charge in [0.2, 0.25) is 5.88 Å². The molecular weight excluding hydrogens is 178 g/mol. The minimum absolute atomic E-state index is 0.211. The van der Waals surface area contributed by atoms with Gasteiger partial charge in [0.1, 0.15) is 5.75 Å². The Morgan fingerprint density at radius 1 is 1.14 bits per heavy atom. The average Bonchev–Trinajstić information content (AvgIpc) is 2.69. The smallest absolute Gasteiger partial charge is 0.218 e. The lowest BCUT2D eigenvalue weighted by molar-refractivity contribution is 0.474. The molecule has 0 aliphatic carbocycles. The molecule has 0 amide bonds. The summed E-state index contributed by atoms with van der Waals surface area (Å²) in [5.74, 6) is 0.732. The number of rotatable bonds is 2. The van der Waals surface area contributed by atoms with Crippen molar-refractivity contribution in [1.29, 1.82) is 0 Å². The number of para-hydroxylation sites is 1. The van der Waals surface area contributed by atoms with Crippen LogP contribution < -0.4 is 0 Å². The fourth-order valence-electron chi connectivity index (χ4n) is 1.07. The van der Waals surface area contributed by atoms with Crippen LogP contribution in [0.1, 0.15) is 5.56 Å². The van der Waals surface area contributed by atoms with Gasteiger partial charge in [0.05, 0.1) is 6.26 Å². The predicted octanol–water partition coefficient (Wildman–Crippen LogP) is 2.74. The van der Waals surface area contributed by atoms with Crippen molar-refractivity contribution in [2.75, 3.05) is 0 Å². The quantitative estimate of drug-likeness (QED) is 0.734. The molecule has 0 unspecified atom stereocenters. The van der Waals surface area contributed by atoms with Crippen LogP contribution in [0, 0.1) is 0 Å². The Bertz CT molecular complexity index is 432. The summed E-state index contributed by atoms with van der Waals surface area (Å²) in [6.07, 6.45) is 3.12. The van der Waals surface area contributed by atoms with Crippen molar-refractivity contribution in [2.45, 2.75) is 0 Å². The Kier molecular flexibility index (Phi) is 2.32. The van der Waals surface area contributed by atoms with Gasteiger partial charge in [-0.2, -0.15) is 0 Å². The fourth-order valence-corrected chi connectivity index (χ4v) is 1.07. The van der Waals surface area contributed by atoms with Gasteiger partial charge in [-0.05, 0) is 18.2 Å². The van der Waals surface area contributed by atoms with Gasteiger partial charge in [0.15, 0.2) is 0 Å². The Labute approximate surface area is 81.3 Å². The van der Waals surface area contributed by atoms with Gasteiger partial charge in [0, 0.05) is 17.8 Å². The van der Waals surface area contributed by atoms with Crippen LogP contribution in [0.25, 0.3) is 0 Å². The first-order valence-corrected chi connectivity index (χ1v) is 4.22. The molecular formula is C11H9NO2. The number of phenolic OH excluding ortho intramolecular Hbond substituents is 1. The number of phenols is 1. The summed E-state index contributed by atoms with van der Waals surface area (Å²) in [6, 6.07) is 10.5. The number of hydrogen-bond acceptors (Lipinski definition) is 3. The Hall–Kier alpha value is -2.03. The van der Waals surface area contributed by atoms with Crippen LogP contribution in [0.5, 0.6) is 5.75 Å². The van der Waals surface area contributed by atoms with E-state index in [-0.39, 0.29) is 5.75 Å². The van der Waals surface area contributed by atoms with Gasteiger partial charge in [-0.3, -0.25) is 0 Å². The minimum Gasteiger partial charge on any atom is -0.507 e. The highest BCUT2D eigenvalue weighted by Crippen LogP contribution is 2.16. The molecule has 2 aromatic rings. The van der Waals surface area contributed by atoms with E-state index in [1.165, 1.54) is 0 Å². The average molecular weight is 187 g/mol. The normalized spacial score (nSPS) is 10.9. The van der Waals surface area contributed by atoms with E-state index < -0.39 is 0 Å². The first-order valence-electron chi connectivity index (χ1n) is 4.22. The molecule has 1 aromatic carbocycles. The second-order valence-electron chi connectivity index (χ2n) is 2.77. The molecule has 0 atom stereocenters. The van der Waals surface area contributed by atoms with Gasteiger partial charge in [-0.25, -0.2) is 4.99 Å². The van der Waals surface area contributed by atoms with Crippen molar-refractivity contribution >= 4 is 12.1 Å². The first-order chi connectivity index (χ1) is 6.86. The molecule has 0 fully saturated rings. The summed E-state index contributed by atoms with van der Waals surface area (Å²) in [5, 5.41) is 9.42. The topological polar surface area (TPSA) is 45.7 Å². The molecule has 1 heterocycles. The van der Waals surface area contributed by atoms with Crippen molar-refractivity contribution in [3.05, 3.63) is 48.2 Å². The summed E-state index contributed by atoms with van der Waals surface area (Å²) >= 11 is 0. The predicted molar refractivity (Wildman–Crippen MR) is 54.1 cm³/mol. The van der Waals surface area contributed by atoms with Crippen LogP contribution in [-0.2, 0) is 0 Å². The Morgan fingerprint density at radius 3 is 2.71 bits per heavy atom. The summed E-state index contributed by atoms with van der Waals surface area (Å²) in [4.78, 5) is 4.05. The number of aliphatic imine (C=N–C) groups is 1. The van der Waals surface area contributed by atoms with Gasteiger partial charge < -0.3 is 9.52 Å². The highest BCUT2D eigenvalue weighted by atomic mass is 16.3. The first kappa shape index (κ1) is 8.56. The van der Waals surface area contributed by atoms with Crippen molar-refractivity contribution in [3.8, 4) is 5.75 Å². The molecule has 0 aliphatic heterocycles. The molecule has 0 saturated carbocycles. The van der Waals surface area contributed by atoms with E-state index in [4.69, 9.17) is 4.42 Å². The molecule has 3 heteroatoms. The van der Waals surface area contributed by atoms with Crippen molar-refractivity contribution in [3.63, 3.8) is 0 Å². The zero-order valence-electron chi connectivity index (χ0n) is 7.42. The van der Waals surface area contributed by atoms with Crippen LogP contribution in [0.4, 0.5) is 5.88 Å². The maximum absolute atomic E-state index is 9.42. The number of aromatic hydroxyl groups is 1.